The lowest BCUT2D eigenvalue weighted by atomic mass is 9.84. The van der Waals surface area contributed by atoms with Gasteiger partial charge in [0, 0.05) is 12.6 Å². The van der Waals surface area contributed by atoms with Crippen molar-refractivity contribution in [3.8, 4) is 0 Å². The SMILES string of the molecule is Fc1ccc(Cl)c(NC2CN3CCC2CC3)c1. The first-order valence-electron chi connectivity index (χ1n) is 6.16. The second-order valence-corrected chi connectivity index (χ2v) is 5.42. The Morgan fingerprint density at radius 2 is 2.06 bits per heavy atom. The lowest BCUT2D eigenvalue weighted by Gasteiger charge is -2.45. The summed E-state index contributed by atoms with van der Waals surface area (Å²) in [4.78, 5) is 2.46. The quantitative estimate of drug-likeness (QED) is 0.873. The Morgan fingerprint density at radius 1 is 1.29 bits per heavy atom. The maximum absolute atomic E-state index is 13.2. The summed E-state index contributed by atoms with van der Waals surface area (Å²) in [6, 6.07) is 4.90. The fraction of sp³-hybridized carbons (Fsp3) is 0.538. The Hall–Kier alpha value is -0.800. The molecule has 0 amide bonds. The number of hydrogen-bond donors (Lipinski definition) is 1. The van der Waals surface area contributed by atoms with E-state index in [2.05, 4.69) is 10.2 Å². The number of fused-ring (bicyclic) bond motifs is 3. The normalized spacial score (nSPS) is 31.5. The van der Waals surface area contributed by atoms with Gasteiger partial charge >= 0.3 is 0 Å². The molecule has 2 nitrogen and oxygen atoms in total. The van der Waals surface area contributed by atoms with Gasteiger partial charge in [0.25, 0.3) is 0 Å². The van der Waals surface area contributed by atoms with Crippen LogP contribution in [-0.2, 0) is 0 Å². The molecule has 0 aliphatic carbocycles. The molecule has 1 atom stereocenters. The van der Waals surface area contributed by atoms with Crippen LogP contribution in [0.15, 0.2) is 18.2 Å². The Balaban J connectivity index is 1.76. The van der Waals surface area contributed by atoms with E-state index in [0.717, 1.165) is 12.2 Å². The highest BCUT2D eigenvalue weighted by molar-refractivity contribution is 6.33. The predicted octanol–water partition coefficient (Wildman–Crippen LogP) is 2.99. The smallest absolute Gasteiger partial charge is 0.125 e. The van der Waals surface area contributed by atoms with Gasteiger partial charge in [0.15, 0.2) is 0 Å². The van der Waals surface area contributed by atoms with E-state index in [9.17, 15) is 4.39 Å². The Morgan fingerprint density at radius 3 is 2.71 bits per heavy atom. The molecule has 3 fully saturated rings. The largest absolute Gasteiger partial charge is 0.379 e. The minimum Gasteiger partial charge on any atom is -0.379 e. The van der Waals surface area contributed by atoms with Crippen LogP contribution in [0.4, 0.5) is 10.1 Å². The molecule has 92 valence electrons. The molecule has 1 N–H and O–H groups in total. The summed E-state index contributed by atoms with van der Waals surface area (Å²) >= 11 is 6.07. The van der Waals surface area contributed by atoms with Crippen molar-refractivity contribution in [1.29, 1.82) is 0 Å². The first-order valence-corrected chi connectivity index (χ1v) is 6.54. The first kappa shape index (κ1) is 11.3. The summed E-state index contributed by atoms with van der Waals surface area (Å²) in [6.07, 6.45) is 2.48. The van der Waals surface area contributed by atoms with E-state index in [1.807, 2.05) is 0 Å². The Labute approximate surface area is 106 Å². The highest BCUT2D eigenvalue weighted by atomic mass is 35.5. The van der Waals surface area contributed by atoms with Crippen LogP contribution in [0.5, 0.6) is 0 Å². The minimum atomic E-state index is -0.238. The molecule has 3 saturated heterocycles. The van der Waals surface area contributed by atoms with Crippen molar-refractivity contribution in [3.05, 3.63) is 29.0 Å². The maximum Gasteiger partial charge on any atom is 0.125 e. The van der Waals surface area contributed by atoms with Gasteiger partial charge in [-0.1, -0.05) is 11.6 Å². The predicted molar refractivity (Wildman–Crippen MR) is 68.0 cm³/mol. The van der Waals surface area contributed by atoms with Crippen LogP contribution in [0.3, 0.4) is 0 Å². The molecule has 3 aliphatic heterocycles. The van der Waals surface area contributed by atoms with Crippen molar-refractivity contribution in [3.63, 3.8) is 0 Å². The third-order valence-electron chi connectivity index (χ3n) is 3.93. The van der Waals surface area contributed by atoms with E-state index < -0.39 is 0 Å². The summed E-state index contributed by atoms with van der Waals surface area (Å²) in [7, 11) is 0. The molecule has 3 aliphatic rings. The van der Waals surface area contributed by atoms with Crippen LogP contribution in [0, 0.1) is 11.7 Å². The lowest BCUT2D eigenvalue weighted by molar-refractivity contribution is 0.0975. The third kappa shape index (κ3) is 2.26. The molecule has 17 heavy (non-hydrogen) atoms. The van der Waals surface area contributed by atoms with Gasteiger partial charge < -0.3 is 10.2 Å². The zero-order valence-corrected chi connectivity index (χ0v) is 10.4. The topological polar surface area (TPSA) is 15.3 Å². The lowest BCUT2D eigenvalue weighted by Crippen LogP contribution is -2.53. The monoisotopic (exact) mass is 254 g/mol. The minimum absolute atomic E-state index is 0.238. The van der Waals surface area contributed by atoms with E-state index in [0.29, 0.717) is 17.0 Å². The maximum atomic E-state index is 13.2. The van der Waals surface area contributed by atoms with Crippen molar-refractivity contribution < 1.29 is 4.39 Å². The molecular formula is C13H16ClFN2. The van der Waals surface area contributed by atoms with Gasteiger partial charge in [0.2, 0.25) is 0 Å². The van der Waals surface area contributed by atoms with Gasteiger partial charge in [-0.15, -0.1) is 0 Å². The molecule has 1 aromatic rings. The average molecular weight is 255 g/mol. The molecule has 0 saturated carbocycles. The van der Waals surface area contributed by atoms with E-state index in [-0.39, 0.29) is 5.82 Å². The van der Waals surface area contributed by atoms with Crippen molar-refractivity contribution in [2.75, 3.05) is 25.0 Å². The van der Waals surface area contributed by atoms with Crippen LogP contribution < -0.4 is 5.32 Å². The Kier molecular flexibility index (Phi) is 2.97. The highest BCUT2D eigenvalue weighted by Crippen LogP contribution is 2.31. The number of nitrogens with one attached hydrogen (secondary N) is 1. The van der Waals surface area contributed by atoms with E-state index in [1.54, 1.807) is 6.07 Å². The van der Waals surface area contributed by atoms with Gasteiger partial charge in [0.1, 0.15) is 5.82 Å². The summed E-state index contributed by atoms with van der Waals surface area (Å²) in [6.45, 7) is 3.47. The second kappa shape index (κ2) is 4.46. The van der Waals surface area contributed by atoms with Crippen LogP contribution >= 0.6 is 11.6 Å². The van der Waals surface area contributed by atoms with Gasteiger partial charge in [-0.05, 0) is 50.0 Å². The van der Waals surface area contributed by atoms with Crippen molar-refractivity contribution in [1.82, 2.24) is 4.90 Å². The van der Waals surface area contributed by atoms with Crippen LogP contribution in [-0.4, -0.2) is 30.6 Å². The molecule has 0 aromatic heterocycles. The molecule has 3 heterocycles. The number of benzene rings is 1. The number of nitrogens with zero attached hydrogens (tertiary/aromatic N) is 1. The van der Waals surface area contributed by atoms with Crippen LogP contribution in [0.2, 0.25) is 5.02 Å². The number of hydrogen-bond acceptors (Lipinski definition) is 2. The first-order chi connectivity index (χ1) is 8.22. The van der Waals surface area contributed by atoms with Crippen LogP contribution in [0.1, 0.15) is 12.8 Å². The zero-order valence-electron chi connectivity index (χ0n) is 9.63. The van der Waals surface area contributed by atoms with Crippen molar-refractivity contribution >= 4 is 17.3 Å². The zero-order chi connectivity index (χ0) is 11.8. The average Bonchev–Trinajstić information content (AvgIpc) is 2.35. The van der Waals surface area contributed by atoms with Crippen molar-refractivity contribution in [2.24, 2.45) is 5.92 Å². The van der Waals surface area contributed by atoms with Gasteiger partial charge in [0.05, 0.1) is 10.7 Å². The fourth-order valence-corrected chi connectivity index (χ4v) is 3.11. The molecule has 1 aromatic carbocycles. The molecule has 4 heteroatoms. The Bertz CT molecular complexity index is 416. The number of anilines is 1. The number of halogens is 2. The summed E-state index contributed by atoms with van der Waals surface area (Å²) in [5.74, 6) is 0.470. The van der Waals surface area contributed by atoms with E-state index >= 15 is 0 Å². The van der Waals surface area contributed by atoms with E-state index in [1.165, 1.54) is 38.1 Å². The number of rotatable bonds is 2. The molecule has 4 rings (SSSR count). The van der Waals surface area contributed by atoms with Gasteiger partial charge in [-0.3, -0.25) is 0 Å². The molecule has 1 unspecified atom stereocenters. The second-order valence-electron chi connectivity index (χ2n) is 5.01. The third-order valence-corrected chi connectivity index (χ3v) is 4.26. The van der Waals surface area contributed by atoms with Gasteiger partial charge in [-0.25, -0.2) is 4.39 Å². The van der Waals surface area contributed by atoms with Gasteiger partial charge in [-0.2, -0.15) is 0 Å². The highest BCUT2D eigenvalue weighted by Gasteiger charge is 2.34. The van der Waals surface area contributed by atoms with Crippen molar-refractivity contribution in [2.45, 2.75) is 18.9 Å². The van der Waals surface area contributed by atoms with E-state index in [4.69, 9.17) is 11.6 Å². The summed E-state index contributed by atoms with van der Waals surface area (Å²) in [5, 5.41) is 4.01. The fourth-order valence-electron chi connectivity index (χ4n) is 2.94. The molecule has 0 spiro atoms. The molecule has 2 bridgehead atoms. The molecular weight excluding hydrogens is 239 g/mol. The summed E-state index contributed by atoms with van der Waals surface area (Å²) in [5.41, 5.74) is 0.727. The molecule has 0 radical (unpaired) electrons. The standard InChI is InChI=1S/C13H16ClFN2/c14-11-2-1-10(15)7-12(11)16-13-8-17-5-3-9(13)4-6-17/h1-2,7,9,13,16H,3-6,8H2. The van der Waals surface area contributed by atoms with Crippen LogP contribution in [0.25, 0.3) is 0 Å². The number of piperidine rings is 3. The summed E-state index contributed by atoms with van der Waals surface area (Å²) < 4.78 is 13.2.